The van der Waals surface area contributed by atoms with Crippen molar-refractivity contribution in [1.29, 1.82) is 0 Å². The molecule has 416 valence electrons. The molecule has 5 heterocycles. The Balaban J connectivity index is 0.000000313. The van der Waals surface area contributed by atoms with Gasteiger partial charge >= 0.3 is 0 Å². The molecule has 7 heteroatoms. The zero-order valence-corrected chi connectivity index (χ0v) is 51.2. The minimum Gasteiger partial charge on any atom is -0.381 e. The number of hydrogen-bond donors (Lipinski definition) is 0. The van der Waals surface area contributed by atoms with Crippen molar-refractivity contribution in [3.05, 3.63) is 0 Å². The molecule has 0 unspecified atom stereocenters. The Bertz CT molecular complexity index is 1780. The Morgan fingerprint density at radius 2 is 0.671 bits per heavy atom. The predicted molar refractivity (Wildman–Crippen MR) is 315 cm³/mol. The van der Waals surface area contributed by atoms with Crippen molar-refractivity contribution < 1.29 is 9.13 Å². The van der Waals surface area contributed by atoms with E-state index < -0.39 is 5.67 Å². The highest BCUT2D eigenvalue weighted by Gasteiger charge is 2.44. The fraction of sp³-hybridized carbons (Fsp3) is 0.848. The molecule has 73 heavy (non-hydrogen) atoms. The zero-order valence-electron chi connectivity index (χ0n) is 51.2. The number of ether oxygens (including phenoxy) is 1. The smallest absolute Gasteiger partial charge is 0.110 e. The van der Waals surface area contributed by atoms with Crippen molar-refractivity contribution in [3.63, 3.8) is 0 Å². The minimum atomic E-state index is -0.950. The topological polar surface area (TPSA) is 25.4 Å². The van der Waals surface area contributed by atoms with Crippen molar-refractivity contribution in [1.82, 2.24) is 24.5 Å². The maximum Gasteiger partial charge on any atom is 0.110 e. The summed E-state index contributed by atoms with van der Waals surface area (Å²) in [6.07, 6.45) is 18.1. The largest absolute Gasteiger partial charge is 0.381 e. The fourth-order valence-electron chi connectivity index (χ4n) is 8.94. The van der Waals surface area contributed by atoms with Crippen LogP contribution in [0.1, 0.15) is 208 Å². The van der Waals surface area contributed by atoms with Gasteiger partial charge < -0.3 is 4.74 Å². The Labute approximate surface area is 454 Å². The van der Waals surface area contributed by atoms with E-state index in [1.165, 1.54) is 103 Å². The van der Waals surface area contributed by atoms with Crippen LogP contribution in [0.25, 0.3) is 0 Å². The van der Waals surface area contributed by atoms with Crippen molar-refractivity contribution in [2.24, 2.45) is 38.4 Å². The Hall–Kier alpha value is -2.51. The number of piperidine rings is 4. The Kier molecular flexibility index (Phi) is 29.5. The maximum absolute atomic E-state index is 13.5. The van der Waals surface area contributed by atoms with Gasteiger partial charge in [0.25, 0.3) is 0 Å². The van der Waals surface area contributed by atoms with E-state index in [1.807, 2.05) is 0 Å². The van der Waals surface area contributed by atoms with E-state index in [2.05, 4.69) is 194 Å². The summed E-state index contributed by atoms with van der Waals surface area (Å²) in [7, 11) is 1.81. The van der Waals surface area contributed by atoms with Gasteiger partial charge in [0.05, 0.1) is 38.8 Å². The number of rotatable bonds is 6. The molecule has 0 N–H and O–H groups in total. The van der Waals surface area contributed by atoms with Crippen LogP contribution in [0.2, 0.25) is 0 Å². The Morgan fingerprint density at radius 3 is 0.959 bits per heavy atom. The van der Waals surface area contributed by atoms with Gasteiger partial charge in [0.1, 0.15) is 5.67 Å². The molecule has 0 aromatic carbocycles. The maximum atomic E-state index is 13.5. The molecule has 0 aromatic heterocycles. The number of alkyl halides is 1. The van der Waals surface area contributed by atoms with E-state index in [0.717, 1.165) is 83.1 Å². The second kappa shape index (κ2) is 32.3. The summed E-state index contributed by atoms with van der Waals surface area (Å²) in [6, 6.07) is 0. The van der Waals surface area contributed by atoms with Crippen LogP contribution < -0.4 is 0 Å². The van der Waals surface area contributed by atoms with E-state index in [4.69, 9.17) is 4.74 Å². The first-order chi connectivity index (χ1) is 33.8. The molecule has 1 aliphatic carbocycles. The van der Waals surface area contributed by atoms with E-state index in [0.29, 0.717) is 18.9 Å². The lowest BCUT2D eigenvalue weighted by Gasteiger charge is -2.32. The third kappa shape index (κ3) is 37.0. The van der Waals surface area contributed by atoms with E-state index in [9.17, 15) is 4.39 Å². The van der Waals surface area contributed by atoms with Crippen molar-refractivity contribution in [3.8, 4) is 59.2 Å². The highest BCUT2D eigenvalue weighted by Crippen LogP contribution is 2.53. The number of nitrogens with zero attached hydrogens (tertiary/aromatic N) is 5. The molecule has 0 amide bonds. The SMILES string of the molecule is CC(C)(C)C#CCN1CCC(C)(F)CC1.CC(C)(C)C#CCN1CCC2(CC1)CC2.CC(C)(C)C#CCN1CCCCCC1.CC1CCN(CC#CC(C)(C)C)CC1.COC1CCN(CC#CC(C)(C)C)CC1. The molecule has 1 spiro atoms. The van der Waals surface area contributed by atoms with E-state index in [-0.39, 0.29) is 27.1 Å². The molecular formula is C66H114FN5O. The van der Waals surface area contributed by atoms with Crippen LogP contribution in [-0.4, -0.2) is 142 Å². The fourth-order valence-corrected chi connectivity index (χ4v) is 8.94. The second-order valence-electron chi connectivity index (χ2n) is 28.1. The summed E-state index contributed by atoms with van der Waals surface area (Å²) < 4.78 is 18.8. The van der Waals surface area contributed by atoms with Gasteiger partial charge in [-0.1, -0.05) is 79.0 Å². The summed E-state index contributed by atoms with van der Waals surface area (Å²) in [5.41, 5.74) is 0.527. The first kappa shape index (κ1) is 66.6. The molecule has 6 fully saturated rings. The lowest BCUT2D eigenvalue weighted by Crippen LogP contribution is -2.40. The number of likely N-dealkylation sites (tertiary alicyclic amines) is 5. The van der Waals surface area contributed by atoms with Crippen LogP contribution in [0, 0.1) is 97.6 Å². The number of hydrogen-bond acceptors (Lipinski definition) is 6. The molecule has 0 aromatic rings. The lowest BCUT2D eigenvalue weighted by molar-refractivity contribution is 0.0450. The normalized spacial score (nSPS) is 21.3. The molecule has 0 bridgehead atoms. The van der Waals surface area contributed by atoms with Crippen molar-refractivity contribution in [2.45, 2.75) is 219 Å². The molecule has 5 aliphatic heterocycles. The summed E-state index contributed by atoms with van der Waals surface area (Å²) in [6.45, 7) is 52.4. The van der Waals surface area contributed by atoms with Gasteiger partial charge in [-0.25, -0.2) is 4.39 Å². The van der Waals surface area contributed by atoms with Crippen LogP contribution in [0.5, 0.6) is 0 Å². The average Bonchev–Trinajstić information content (AvgIpc) is 4.09. The molecule has 1 saturated carbocycles. The van der Waals surface area contributed by atoms with Crippen LogP contribution >= 0.6 is 0 Å². The van der Waals surface area contributed by atoms with Crippen LogP contribution in [0.15, 0.2) is 0 Å². The van der Waals surface area contributed by atoms with Crippen LogP contribution in [0.4, 0.5) is 4.39 Å². The Morgan fingerprint density at radius 1 is 0.397 bits per heavy atom. The number of halogens is 1. The molecule has 0 atom stereocenters. The molecule has 0 radical (unpaired) electrons. The van der Waals surface area contributed by atoms with Gasteiger partial charge in [-0.3, -0.25) is 24.5 Å². The first-order valence-corrected chi connectivity index (χ1v) is 29.2. The summed E-state index contributed by atoms with van der Waals surface area (Å²) in [5, 5.41) is 0. The van der Waals surface area contributed by atoms with Gasteiger partial charge in [-0.2, -0.15) is 0 Å². The van der Waals surface area contributed by atoms with Crippen molar-refractivity contribution >= 4 is 0 Å². The monoisotopic (exact) mass is 1010 g/mol. The minimum absolute atomic E-state index is 0.0738. The summed E-state index contributed by atoms with van der Waals surface area (Å²) >= 11 is 0. The standard InChI is InChI=1S/C14H23N.C13H22FN.C13H23NO.2C13H23N/c1-13(2,3)5-4-10-15-11-8-14(6-7-14)9-12-15;1-12(2,3)6-5-9-15-10-7-13(4,14)8-11-15;1-13(2,3)8-5-9-14-10-6-12(15-4)7-11-14;1-12-6-10-14(11-7-12)9-5-8-13(2,3)4;1-13(2,3)9-8-12-14-10-6-4-5-7-11-14/h6-12H2,1-3H3;7-11H2,1-4H3;12H,6-7,9-11H2,1-4H3;12H,6-7,9-11H2,1-4H3;4-7,10-12H2,1-3H3. The molecule has 5 saturated heterocycles. The third-order valence-electron chi connectivity index (χ3n) is 14.0. The summed E-state index contributed by atoms with van der Waals surface area (Å²) in [4.78, 5) is 12.1. The van der Waals surface area contributed by atoms with Gasteiger partial charge in [-0.05, 0) is 238 Å². The lowest BCUT2D eigenvalue weighted by atomic mass is 9.93. The third-order valence-corrected chi connectivity index (χ3v) is 14.0. The zero-order chi connectivity index (χ0) is 54.8. The second-order valence-corrected chi connectivity index (χ2v) is 28.1. The highest BCUT2D eigenvalue weighted by molar-refractivity contribution is 5.12. The molecular weight excluding hydrogens is 898 g/mol. The van der Waals surface area contributed by atoms with Gasteiger partial charge in [-0.15, -0.1) is 0 Å². The van der Waals surface area contributed by atoms with Crippen molar-refractivity contribution in [2.75, 3.05) is 105 Å². The first-order valence-electron chi connectivity index (χ1n) is 29.2. The quantitative estimate of drug-likeness (QED) is 0.246. The van der Waals surface area contributed by atoms with Crippen LogP contribution in [-0.2, 0) is 4.74 Å². The predicted octanol–water partition coefficient (Wildman–Crippen LogP) is 13.6. The highest BCUT2D eigenvalue weighted by atomic mass is 19.1. The van der Waals surface area contributed by atoms with Gasteiger partial charge in [0.15, 0.2) is 0 Å². The van der Waals surface area contributed by atoms with Gasteiger partial charge in [0.2, 0.25) is 0 Å². The van der Waals surface area contributed by atoms with Gasteiger partial charge in [0, 0.05) is 60.4 Å². The molecule has 6 rings (SSSR count). The average molecular weight is 1010 g/mol. The van der Waals surface area contributed by atoms with Crippen LogP contribution in [0.3, 0.4) is 0 Å². The summed E-state index contributed by atoms with van der Waals surface area (Å²) in [5.74, 6) is 33.6. The molecule has 6 nitrogen and oxygen atoms in total. The number of methoxy groups -OCH3 is 1. The van der Waals surface area contributed by atoms with E-state index >= 15 is 0 Å². The molecule has 6 aliphatic rings. The van der Waals surface area contributed by atoms with E-state index in [1.54, 1.807) is 14.0 Å².